The van der Waals surface area contributed by atoms with Crippen LogP contribution in [0, 0.1) is 0 Å². The van der Waals surface area contributed by atoms with Crippen LogP contribution in [-0.2, 0) is 15.6 Å². The van der Waals surface area contributed by atoms with Crippen LogP contribution in [0.4, 0.5) is 4.79 Å². The second-order valence-corrected chi connectivity index (χ2v) is 15.0. The molecule has 1 amide bonds. The number of aliphatic hydroxyl groups is 1. The number of alkyl carbamates (subject to hydrolysis) is 1. The third-order valence-corrected chi connectivity index (χ3v) is 9.98. The molecule has 0 radical (unpaired) electrons. The number of amides is 1. The Kier molecular flexibility index (Phi) is 7.48. The van der Waals surface area contributed by atoms with E-state index in [0.717, 1.165) is 5.56 Å². The first-order chi connectivity index (χ1) is 13.7. The molecule has 0 unspecified atom stereocenters. The average Bonchev–Trinajstić information content (AvgIpc) is 3.04. The standard InChI is InChI=1S/C22H37NO6Si/c1-21(2,3)28-20(25)23-16(19(13-24)29-30(7,8)22(4,5)6)11-15-9-10-17-18(12-15)27-14-26-17/h9-10,12,16,19,24H,11,13-14H2,1-8H3,(H,23,25)/t16-,19+/m0/s1. The summed E-state index contributed by atoms with van der Waals surface area (Å²) in [7, 11) is -2.18. The largest absolute Gasteiger partial charge is 0.454 e. The lowest BCUT2D eigenvalue weighted by Crippen LogP contribution is -2.54. The number of ether oxygens (including phenoxy) is 3. The fourth-order valence-corrected chi connectivity index (χ4v) is 4.21. The van der Waals surface area contributed by atoms with Gasteiger partial charge in [0.1, 0.15) is 5.60 Å². The molecule has 2 rings (SSSR count). The van der Waals surface area contributed by atoms with Crippen LogP contribution in [0.25, 0.3) is 0 Å². The van der Waals surface area contributed by atoms with Crippen LogP contribution in [0.2, 0.25) is 18.1 Å². The van der Waals surface area contributed by atoms with Gasteiger partial charge in [-0.25, -0.2) is 4.79 Å². The monoisotopic (exact) mass is 439 g/mol. The molecule has 8 heteroatoms. The van der Waals surface area contributed by atoms with E-state index in [1.807, 2.05) is 39.0 Å². The van der Waals surface area contributed by atoms with Gasteiger partial charge >= 0.3 is 6.09 Å². The van der Waals surface area contributed by atoms with Crippen molar-refractivity contribution in [3.63, 3.8) is 0 Å². The summed E-state index contributed by atoms with van der Waals surface area (Å²) in [5, 5.41) is 13.1. The maximum atomic E-state index is 12.5. The molecular formula is C22H37NO6Si. The van der Waals surface area contributed by atoms with E-state index in [1.54, 1.807) is 0 Å². The van der Waals surface area contributed by atoms with E-state index < -0.39 is 32.2 Å². The number of hydrogen-bond donors (Lipinski definition) is 2. The van der Waals surface area contributed by atoms with Crippen LogP contribution in [0.5, 0.6) is 11.5 Å². The zero-order valence-corrected chi connectivity index (χ0v) is 20.5. The summed E-state index contributed by atoms with van der Waals surface area (Å²) in [6.45, 7) is 16.1. The van der Waals surface area contributed by atoms with Gasteiger partial charge in [-0.05, 0) is 63.0 Å². The molecule has 0 saturated heterocycles. The molecule has 7 nitrogen and oxygen atoms in total. The number of rotatable bonds is 7. The third-order valence-electron chi connectivity index (χ3n) is 5.48. The van der Waals surface area contributed by atoms with Gasteiger partial charge in [-0.3, -0.25) is 0 Å². The maximum Gasteiger partial charge on any atom is 0.407 e. The van der Waals surface area contributed by atoms with E-state index in [0.29, 0.717) is 17.9 Å². The lowest BCUT2D eigenvalue weighted by atomic mass is 10.0. The number of aliphatic hydroxyl groups excluding tert-OH is 1. The molecule has 170 valence electrons. The van der Waals surface area contributed by atoms with Gasteiger partial charge in [0.2, 0.25) is 6.79 Å². The molecule has 1 heterocycles. The minimum absolute atomic E-state index is 0.0321. The highest BCUT2D eigenvalue weighted by atomic mass is 28.4. The second kappa shape index (κ2) is 9.16. The number of hydrogen-bond acceptors (Lipinski definition) is 6. The molecule has 0 aliphatic carbocycles. The molecule has 0 bridgehead atoms. The molecule has 1 aliphatic rings. The molecule has 2 N–H and O–H groups in total. The van der Waals surface area contributed by atoms with Crippen LogP contribution >= 0.6 is 0 Å². The highest BCUT2D eigenvalue weighted by Gasteiger charge is 2.41. The topological polar surface area (TPSA) is 86.3 Å². The molecular weight excluding hydrogens is 402 g/mol. The lowest BCUT2D eigenvalue weighted by molar-refractivity contribution is 0.0350. The molecule has 0 fully saturated rings. The van der Waals surface area contributed by atoms with Crippen LogP contribution < -0.4 is 14.8 Å². The molecule has 0 spiro atoms. The van der Waals surface area contributed by atoms with Gasteiger partial charge < -0.3 is 29.1 Å². The van der Waals surface area contributed by atoms with Crippen molar-refractivity contribution in [1.82, 2.24) is 5.32 Å². The van der Waals surface area contributed by atoms with Crippen molar-refractivity contribution in [2.75, 3.05) is 13.4 Å². The predicted molar refractivity (Wildman–Crippen MR) is 119 cm³/mol. The van der Waals surface area contributed by atoms with Gasteiger partial charge in [-0.2, -0.15) is 0 Å². The Labute approximate surface area is 181 Å². The summed E-state index contributed by atoms with van der Waals surface area (Å²) in [4.78, 5) is 12.5. The molecule has 2 atom stereocenters. The minimum atomic E-state index is -2.18. The van der Waals surface area contributed by atoms with Gasteiger partial charge in [0.15, 0.2) is 19.8 Å². The Bertz CT molecular complexity index is 738. The SMILES string of the molecule is CC(C)(C)OC(=O)N[C@@H](Cc1ccc2c(c1)OCO2)[C@@H](CO)O[Si](C)(C)C(C)(C)C. The summed E-state index contributed by atoms with van der Waals surface area (Å²) < 4.78 is 22.8. The molecule has 0 aromatic heterocycles. The van der Waals surface area contributed by atoms with E-state index in [4.69, 9.17) is 18.6 Å². The van der Waals surface area contributed by atoms with Crippen molar-refractivity contribution in [3.8, 4) is 11.5 Å². The van der Waals surface area contributed by atoms with Gasteiger partial charge in [-0.15, -0.1) is 0 Å². The Morgan fingerprint density at radius 1 is 1.17 bits per heavy atom. The zero-order valence-electron chi connectivity index (χ0n) is 19.5. The fraction of sp³-hybridized carbons (Fsp3) is 0.682. The van der Waals surface area contributed by atoms with E-state index in [9.17, 15) is 9.90 Å². The number of carbonyl (C=O) groups excluding carboxylic acids is 1. The highest BCUT2D eigenvalue weighted by Crippen LogP contribution is 2.38. The number of fused-ring (bicyclic) bond motifs is 1. The first-order valence-electron chi connectivity index (χ1n) is 10.4. The quantitative estimate of drug-likeness (QED) is 0.618. The highest BCUT2D eigenvalue weighted by molar-refractivity contribution is 6.74. The zero-order chi connectivity index (χ0) is 22.7. The van der Waals surface area contributed by atoms with Crippen LogP contribution in [-0.4, -0.2) is 50.7 Å². The van der Waals surface area contributed by atoms with Gasteiger partial charge in [0.25, 0.3) is 0 Å². The van der Waals surface area contributed by atoms with Crippen LogP contribution in [0.15, 0.2) is 18.2 Å². The Morgan fingerprint density at radius 2 is 1.80 bits per heavy atom. The Morgan fingerprint density at radius 3 is 2.37 bits per heavy atom. The van der Waals surface area contributed by atoms with E-state index in [2.05, 4.69) is 39.2 Å². The van der Waals surface area contributed by atoms with Gasteiger partial charge in [0, 0.05) is 0 Å². The fourth-order valence-electron chi connectivity index (χ4n) is 2.86. The average molecular weight is 440 g/mol. The molecule has 1 aromatic rings. The van der Waals surface area contributed by atoms with Gasteiger partial charge in [0.05, 0.1) is 18.8 Å². The van der Waals surface area contributed by atoms with Crippen LogP contribution in [0.1, 0.15) is 47.1 Å². The van der Waals surface area contributed by atoms with Gasteiger partial charge in [-0.1, -0.05) is 26.8 Å². The first-order valence-corrected chi connectivity index (χ1v) is 13.3. The van der Waals surface area contributed by atoms with Crippen molar-refractivity contribution in [2.24, 2.45) is 0 Å². The second-order valence-electron chi connectivity index (χ2n) is 10.2. The van der Waals surface area contributed by atoms with E-state index >= 15 is 0 Å². The predicted octanol–water partition coefficient (Wildman–Crippen LogP) is 4.23. The molecule has 1 aromatic carbocycles. The summed E-state index contributed by atoms with van der Waals surface area (Å²) >= 11 is 0. The normalized spacial score (nSPS) is 16.2. The van der Waals surface area contributed by atoms with E-state index in [-0.39, 0.29) is 18.4 Å². The summed E-state index contributed by atoms with van der Waals surface area (Å²) in [5.41, 5.74) is 0.320. The number of carbonyl (C=O) groups is 1. The van der Waals surface area contributed by atoms with Crippen molar-refractivity contribution in [3.05, 3.63) is 23.8 Å². The number of nitrogens with one attached hydrogen (secondary N) is 1. The smallest absolute Gasteiger partial charge is 0.407 e. The molecule has 0 saturated carbocycles. The minimum Gasteiger partial charge on any atom is -0.454 e. The third kappa shape index (κ3) is 6.62. The maximum absolute atomic E-state index is 12.5. The van der Waals surface area contributed by atoms with Crippen molar-refractivity contribution in [1.29, 1.82) is 0 Å². The number of benzene rings is 1. The Balaban J connectivity index is 2.25. The van der Waals surface area contributed by atoms with Crippen LogP contribution in [0.3, 0.4) is 0 Å². The van der Waals surface area contributed by atoms with E-state index in [1.165, 1.54) is 0 Å². The van der Waals surface area contributed by atoms with Crippen molar-refractivity contribution < 1.29 is 28.5 Å². The summed E-state index contributed by atoms with van der Waals surface area (Å²) in [6, 6.07) is 5.20. The van der Waals surface area contributed by atoms with Crippen molar-refractivity contribution >= 4 is 14.4 Å². The lowest BCUT2D eigenvalue weighted by Gasteiger charge is -2.41. The summed E-state index contributed by atoms with van der Waals surface area (Å²) in [5.74, 6) is 1.38. The Hall–Kier alpha value is -1.77. The summed E-state index contributed by atoms with van der Waals surface area (Å²) in [6.07, 6.45) is -0.648. The van der Waals surface area contributed by atoms with Crippen molar-refractivity contribution in [2.45, 2.75) is 83.8 Å². The molecule has 1 aliphatic heterocycles. The molecule has 30 heavy (non-hydrogen) atoms. The first kappa shape index (κ1) is 24.5.